The molecule has 2 aromatic rings. The fraction of sp³-hybridized carbons (Fsp3) is 0.214. The number of aromatic nitrogens is 1. The molecule has 2 rings (SSSR count). The van der Waals surface area contributed by atoms with Gasteiger partial charge >= 0.3 is 5.97 Å². The second-order valence-electron chi connectivity index (χ2n) is 4.15. The molecule has 0 atom stereocenters. The Morgan fingerprint density at radius 2 is 2.15 bits per heavy atom. The monoisotopic (exact) mass is 272 g/mol. The van der Waals surface area contributed by atoms with E-state index >= 15 is 0 Å². The number of nitriles is 1. The molecular weight excluding hydrogens is 260 g/mol. The Morgan fingerprint density at radius 3 is 2.80 bits per heavy atom. The van der Waals surface area contributed by atoms with Crippen LogP contribution in [0.2, 0.25) is 0 Å². The number of ether oxygens (including phenoxy) is 1. The van der Waals surface area contributed by atoms with Crippen molar-refractivity contribution in [3.63, 3.8) is 0 Å². The molecule has 2 heterocycles. The number of esters is 1. The molecule has 102 valence electrons. The van der Waals surface area contributed by atoms with E-state index in [1.807, 2.05) is 6.07 Å². The van der Waals surface area contributed by atoms with Gasteiger partial charge in [-0.25, -0.2) is 4.79 Å². The molecule has 0 radical (unpaired) electrons. The summed E-state index contributed by atoms with van der Waals surface area (Å²) in [6.07, 6.45) is 0. The molecule has 0 fully saturated rings. The number of carbonyl (C=O) groups is 1. The molecular formula is C14H12N2O4. The quantitative estimate of drug-likeness (QED) is 0.789. The first kappa shape index (κ1) is 13.6. The Labute approximate surface area is 114 Å². The van der Waals surface area contributed by atoms with E-state index in [9.17, 15) is 9.59 Å². The average molecular weight is 272 g/mol. The van der Waals surface area contributed by atoms with Gasteiger partial charge in [-0.15, -0.1) is 0 Å². The number of hydrogen-bond donors (Lipinski definition) is 0. The molecule has 0 aliphatic heterocycles. The number of pyridine rings is 1. The molecule has 0 saturated heterocycles. The first-order chi connectivity index (χ1) is 9.56. The summed E-state index contributed by atoms with van der Waals surface area (Å²) in [5.41, 5.74) is 0.379. The van der Waals surface area contributed by atoms with Gasteiger partial charge in [0.1, 0.15) is 17.4 Å². The van der Waals surface area contributed by atoms with Crippen LogP contribution in [0.3, 0.4) is 0 Å². The van der Waals surface area contributed by atoms with Crippen molar-refractivity contribution in [3.05, 3.63) is 57.4 Å². The minimum Gasteiger partial charge on any atom is -0.463 e. The van der Waals surface area contributed by atoms with E-state index in [1.165, 1.54) is 23.8 Å². The maximum atomic E-state index is 12.0. The maximum Gasteiger partial charge on any atom is 0.373 e. The highest BCUT2D eigenvalue weighted by Gasteiger charge is 2.13. The Balaban J connectivity index is 2.36. The highest BCUT2D eigenvalue weighted by molar-refractivity contribution is 5.86. The summed E-state index contributed by atoms with van der Waals surface area (Å²) >= 11 is 0. The van der Waals surface area contributed by atoms with Crippen molar-refractivity contribution in [1.29, 1.82) is 5.26 Å². The summed E-state index contributed by atoms with van der Waals surface area (Å²) in [6.45, 7) is 1.91. The zero-order valence-electron chi connectivity index (χ0n) is 11.0. The van der Waals surface area contributed by atoms with E-state index in [4.69, 9.17) is 9.68 Å². The lowest BCUT2D eigenvalue weighted by Crippen LogP contribution is -2.24. The maximum absolute atomic E-state index is 12.0. The van der Waals surface area contributed by atoms with E-state index < -0.39 is 5.97 Å². The minimum absolute atomic E-state index is 0.0651. The third kappa shape index (κ3) is 2.47. The van der Waals surface area contributed by atoms with Crippen molar-refractivity contribution in [1.82, 2.24) is 4.57 Å². The highest BCUT2D eigenvalue weighted by Crippen LogP contribution is 2.11. The number of hydrogen-bond acceptors (Lipinski definition) is 5. The predicted molar refractivity (Wildman–Crippen MR) is 69.3 cm³/mol. The Morgan fingerprint density at radius 1 is 1.40 bits per heavy atom. The molecule has 0 aliphatic carbocycles. The molecule has 0 saturated carbocycles. The molecule has 20 heavy (non-hydrogen) atoms. The lowest BCUT2D eigenvalue weighted by atomic mass is 10.2. The highest BCUT2D eigenvalue weighted by atomic mass is 16.5. The van der Waals surface area contributed by atoms with Gasteiger partial charge in [-0.2, -0.15) is 5.26 Å². The van der Waals surface area contributed by atoms with Crippen molar-refractivity contribution in [2.75, 3.05) is 7.11 Å². The first-order valence-electron chi connectivity index (χ1n) is 5.84. The van der Waals surface area contributed by atoms with Crippen molar-refractivity contribution in [2.24, 2.45) is 0 Å². The van der Waals surface area contributed by atoms with Gasteiger partial charge < -0.3 is 13.7 Å². The standard InChI is InChI=1S/C14H12N2O4/c1-9-3-4-10(7-15)13(17)16(9)8-11-5-6-12(20-11)14(18)19-2/h3-6H,8H2,1-2H3. The molecule has 0 N–H and O–H groups in total. The van der Waals surface area contributed by atoms with Crippen LogP contribution in [-0.4, -0.2) is 17.6 Å². The Hall–Kier alpha value is -2.81. The van der Waals surface area contributed by atoms with Crippen LogP contribution in [0.5, 0.6) is 0 Å². The molecule has 0 unspecified atom stereocenters. The van der Waals surface area contributed by atoms with E-state index in [0.29, 0.717) is 11.5 Å². The van der Waals surface area contributed by atoms with Crippen molar-refractivity contribution >= 4 is 5.97 Å². The average Bonchev–Trinajstić information content (AvgIpc) is 2.91. The van der Waals surface area contributed by atoms with Crippen molar-refractivity contribution < 1.29 is 13.9 Å². The van der Waals surface area contributed by atoms with Crippen LogP contribution in [-0.2, 0) is 11.3 Å². The van der Waals surface area contributed by atoms with Crippen LogP contribution in [0.4, 0.5) is 0 Å². The van der Waals surface area contributed by atoms with Crippen molar-refractivity contribution in [2.45, 2.75) is 13.5 Å². The Bertz CT molecular complexity index is 749. The number of aryl methyl sites for hydroxylation is 1. The topological polar surface area (TPSA) is 85.2 Å². The molecule has 0 spiro atoms. The van der Waals surface area contributed by atoms with Crippen LogP contribution in [0.25, 0.3) is 0 Å². The van der Waals surface area contributed by atoms with Gasteiger partial charge in [0.15, 0.2) is 0 Å². The first-order valence-corrected chi connectivity index (χ1v) is 5.84. The summed E-state index contributed by atoms with van der Waals surface area (Å²) < 4.78 is 11.3. The summed E-state index contributed by atoms with van der Waals surface area (Å²) in [5, 5.41) is 8.86. The molecule has 2 aromatic heterocycles. The van der Waals surface area contributed by atoms with Crippen LogP contribution in [0, 0.1) is 18.3 Å². The third-order valence-electron chi connectivity index (χ3n) is 2.88. The molecule has 0 amide bonds. The summed E-state index contributed by atoms with van der Waals surface area (Å²) in [7, 11) is 1.26. The van der Waals surface area contributed by atoms with Gasteiger partial charge in [0, 0.05) is 5.69 Å². The van der Waals surface area contributed by atoms with Crippen LogP contribution in [0.1, 0.15) is 27.6 Å². The normalized spacial score (nSPS) is 10.1. The summed E-state index contributed by atoms with van der Waals surface area (Å²) in [4.78, 5) is 23.3. The van der Waals surface area contributed by atoms with Gasteiger partial charge in [0.2, 0.25) is 5.76 Å². The van der Waals surface area contributed by atoms with E-state index in [1.54, 1.807) is 19.1 Å². The van der Waals surface area contributed by atoms with Crippen molar-refractivity contribution in [3.8, 4) is 6.07 Å². The van der Waals surface area contributed by atoms with Gasteiger partial charge in [0.25, 0.3) is 5.56 Å². The number of carbonyl (C=O) groups excluding carboxylic acids is 1. The zero-order valence-corrected chi connectivity index (χ0v) is 11.0. The number of nitrogens with zero attached hydrogens (tertiary/aromatic N) is 2. The third-order valence-corrected chi connectivity index (χ3v) is 2.88. The number of furan rings is 1. The predicted octanol–water partition coefficient (Wildman–Crippen LogP) is 1.46. The second kappa shape index (κ2) is 5.45. The minimum atomic E-state index is -0.578. The SMILES string of the molecule is COC(=O)c1ccc(Cn2c(C)ccc(C#N)c2=O)o1. The van der Waals surface area contributed by atoms with E-state index in [2.05, 4.69) is 4.74 Å². The molecule has 0 aliphatic rings. The fourth-order valence-corrected chi connectivity index (χ4v) is 1.78. The Kier molecular flexibility index (Phi) is 3.71. The number of methoxy groups -OCH3 is 1. The van der Waals surface area contributed by atoms with Gasteiger partial charge in [-0.05, 0) is 31.2 Å². The largest absolute Gasteiger partial charge is 0.463 e. The zero-order chi connectivity index (χ0) is 14.7. The van der Waals surface area contributed by atoms with Gasteiger partial charge in [0.05, 0.1) is 13.7 Å². The van der Waals surface area contributed by atoms with E-state index in [0.717, 1.165) is 0 Å². The molecule has 0 bridgehead atoms. The number of rotatable bonds is 3. The van der Waals surface area contributed by atoms with Crippen LogP contribution in [0.15, 0.2) is 33.5 Å². The van der Waals surface area contributed by atoms with Gasteiger partial charge in [-0.3, -0.25) is 4.79 Å². The molecule has 0 aromatic carbocycles. The van der Waals surface area contributed by atoms with Crippen LogP contribution < -0.4 is 5.56 Å². The van der Waals surface area contributed by atoms with Gasteiger partial charge in [-0.1, -0.05) is 0 Å². The van der Waals surface area contributed by atoms with Crippen LogP contribution >= 0.6 is 0 Å². The fourth-order valence-electron chi connectivity index (χ4n) is 1.78. The smallest absolute Gasteiger partial charge is 0.373 e. The summed E-state index contributed by atoms with van der Waals surface area (Å²) in [6, 6.07) is 8.09. The second-order valence-corrected chi connectivity index (χ2v) is 4.15. The lowest BCUT2D eigenvalue weighted by Gasteiger charge is -2.08. The summed E-state index contributed by atoms with van der Waals surface area (Å²) in [5.74, 6) is -0.0681. The molecule has 6 heteroatoms. The molecule has 6 nitrogen and oxygen atoms in total. The lowest BCUT2D eigenvalue weighted by molar-refractivity contribution is 0.0563. The van der Waals surface area contributed by atoms with E-state index in [-0.39, 0.29) is 23.4 Å².